The first kappa shape index (κ1) is 13.4. The summed E-state index contributed by atoms with van der Waals surface area (Å²) in [7, 11) is 0. The maximum absolute atomic E-state index is 11.2. The van der Waals surface area contributed by atoms with E-state index in [4.69, 9.17) is 10.8 Å². The molecule has 2 rings (SSSR count). The lowest BCUT2D eigenvalue weighted by Crippen LogP contribution is -2.47. The molecule has 2 aliphatic rings. The Bertz CT molecular complexity index is 363. The number of nitrogens with one attached hydrogen (secondary N) is 2. The summed E-state index contributed by atoms with van der Waals surface area (Å²) in [5.74, 6) is -0.546. The van der Waals surface area contributed by atoms with Crippen LogP contribution in [-0.4, -0.2) is 51.0 Å². The van der Waals surface area contributed by atoms with Gasteiger partial charge in [0.15, 0.2) is 0 Å². The molecule has 0 aromatic rings. The Hall–Kier alpha value is -0.990. The number of carbonyl (C=O) groups excluding carboxylic acids is 1. The maximum Gasteiger partial charge on any atom is 0.350 e. The number of hydrogen-bond donors (Lipinski definition) is 5. The van der Waals surface area contributed by atoms with Crippen molar-refractivity contribution in [2.45, 2.75) is 42.3 Å². The number of carbonyl (C=O) groups is 2. The van der Waals surface area contributed by atoms with Gasteiger partial charge in [-0.05, 0) is 12.8 Å². The van der Waals surface area contributed by atoms with Gasteiger partial charge in [-0.2, -0.15) is 11.8 Å². The van der Waals surface area contributed by atoms with Crippen molar-refractivity contribution in [2.75, 3.05) is 5.75 Å². The molecule has 4 atom stereocenters. The fourth-order valence-electron chi connectivity index (χ4n) is 2.32. The number of carboxylic acids is 1. The summed E-state index contributed by atoms with van der Waals surface area (Å²) in [5, 5.41) is 24.0. The molecule has 2 fully saturated rings. The quantitative estimate of drug-likeness (QED) is 0.325. The van der Waals surface area contributed by atoms with E-state index in [9.17, 15) is 14.7 Å². The van der Waals surface area contributed by atoms with Crippen LogP contribution in [0.15, 0.2) is 0 Å². The third-order valence-electron chi connectivity index (χ3n) is 3.36. The van der Waals surface area contributed by atoms with E-state index in [1.54, 1.807) is 11.8 Å². The molecule has 2 aliphatic heterocycles. The summed E-state index contributed by atoms with van der Waals surface area (Å²) in [6.45, 7) is 0. The Morgan fingerprint density at radius 1 is 1.56 bits per heavy atom. The molecule has 0 bridgehead atoms. The highest BCUT2D eigenvalue weighted by molar-refractivity contribution is 8.00. The predicted molar refractivity (Wildman–Crippen MR) is 66.1 cm³/mol. The minimum absolute atomic E-state index is 0.0121. The molecule has 0 aromatic heterocycles. The fourth-order valence-corrected chi connectivity index (χ4v) is 3.87. The van der Waals surface area contributed by atoms with Gasteiger partial charge in [0.25, 0.3) is 0 Å². The highest BCUT2D eigenvalue weighted by atomic mass is 32.2. The molecule has 2 amide bonds. The van der Waals surface area contributed by atoms with E-state index in [1.807, 2.05) is 0 Å². The van der Waals surface area contributed by atoms with Crippen molar-refractivity contribution in [1.82, 2.24) is 10.6 Å². The molecule has 0 aromatic carbocycles. The zero-order valence-corrected chi connectivity index (χ0v) is 10.6. The van der Waals surface area contributed by atoms with E-state index < -0.39 is 11.7 Å². The van der Waals surface area contributed by atoms with E-state index in [-0.39, 0.29) is 29.8 Å². The van der Waals surface area contributed by atoms with Crippen LogP contribution in [0, 0.1) is 0 Å². The minimum atomic E-state index is -2.15. The molecular weight excluding hydrogens is 258 g/mol. The van der Waals surface area contributed by atoms with Gasteiger partial charge in [0.2, 0.25) is 5.72 Å². The first-order valence-electron chi connectivity index (χ1n) is 5.83. The molecule has 102 valence electrons. The Balaban J connectivity index is 1.78. The van der Waals surface area contributed by atoms with Crippen LogP contribution in [0.2, 0.25) is 0 Å². The standard InChI is InChI=1S/C10H17N3O4S/c11-10(17,8(14)15)3-1-2-6-7-5(4-18-6)12-9(16)13-7/h5-7,17H,1-4,11H2,(H,14,15)(H2,12,13,16)/t5-,6-,7-,10?/m0/s1. The van der Waals surface area contributed by atoms with Crippen LogP contribution < -0.4 is 16.4 Å². The molecule has 0 spiro atoms. The smallest absolute Gasteiger partial charge is 0.350 e. The van der Waals surface area contributed by atoms with Crippen LogP contribution in [0.25, 0.3) is 0 Å². The lowest BCUT2D eigenvalue weighted by Gasteiger charge is -2.20. The van der Waals surface area contributed by atoms with Crippen molar-refractivity contribution in [3.05, 3.63) is 0 Å². The van der Waals surface area contributed by atoms with Crippen molar-refractivity contribution in [1.29, 1.82) is 0 Å². The molecule has 0 aliphatic carbocycles. The summed E-state index contributed by atoms with van der Waals surface area (Å²) in [5.41, 5.74) is 3.09. The molecule has 1 unspecified atom stereocenters. The van der Waals surface area contributed by atoms with Gasteiger partial charge in [0.1, 0.15) is 0 Å². The van der Waals surface area contributed by atoms with Crippen molar-refractivity contribution < 1.29 is 19.8 Å². The third-order valence-corrected chi connectivity index (χ3v) is 4.86. The number of aliphatic carboxylic acids is 1. The second-order valence-electron chi connectivity index (χ2n) is 4.74. The van der Waals surface area contributed by atoms with Crippen LogP contribution in [-0.2, 0) is 4.79 Å². The van der Waals surface area contributed by atoms with Crippen LogP contribution in [0.1, 0.15) is 19.3 Å². The number of thioether (sulfide) groups is 1. The number of carboxylic acid groups (broad SMARTS) is 1. The molecule has 2 heterocycles. The number of fused-ring (bicyclic) bond motifs is 1. The maximum atomic E-state index is 11.2. The topological polar surface area (TPSA) is 125 Å². The Kier molecular flexibility index (Phi) is 3.69. The van der Waals surface area contributed by atoms with Gasteiger partial charge >= 0.3 is 12.0 Å². The van der Waals surface area contributed by atoms with Crippen molar-refractivity contribution in [3.63, 3.8) is 0 Å². The number of amides is 2. The molecule has 0 saturated carbocycles. The van der Waals surface area contributed by atoms with Gasteiger partial charge in [-0.15, -0.1) is 0 Å². The highest BCUT2D eigenvalue weighted by Crippen LogP contribution is 2.33. The van der Waals surface area contributed by atoms with Crippen LogP contribution in [0.3, 0.4) is 0 Å². The summed E-state index contributed by atoms with van der Waals surface area (Å²) in [6, 6.07) is 0.109. The lowest BCUT2D eigenvalue weighted by atomic mass is 10.0. The first-order chi connectivity index (χ1) is 8.40. The molecule has 8 heteroatoms. The Labute approximate surface area is 108 Å². The van der Waals surface area contributed by atoms with E-state index in [2.05, 4.69) is 10.6 Å². The van der Waals surface area contributed by atoms with Gasteiger partial charge in [-0.3, -0.25) is 5.73 Å². The largest absolute Gasteiger partial charge is 0.478 e. The van der Waals surface area contributed by atoms with Crippen molar-refractivity contribution in [2.24, 2.45) is 5.73 Å². The van der Waals surface area contributed by atoms with E-state index >= 15 is 0 Å². The van der Waals surface area contributed by atoms with Gasteiger partial charge in [0, 0.05) is 17.4 Å². The highest BCUT2D eigenvalue weighted by Gasteiger charge is 2.43. The SMILES string of the molecule is NC(O)(CCC[C@@H]1SC[C@@H]2NC(=O)N[C@@H]21)C(=O)O. The molecule has 7 nitrogen and oxygen atoms in total. The van der Waals surface area contributed by atoms with Gasteiger partial charge in [-0.1, -0.05) is 0 Å². The van der Waals surface area contributed by atoms with Gasteiger partial charge in [-0.25, -0.2) is 9.59 Å². The third kappa shape index (κ3) is 2.70. The number of urea groups is 1. The zero-order chi connectivity index (χ0) is 13.3. The minimum Gasteiger partial charge on any atom is -0.478 e. The first-order valence-corrected chi connectivity index (χ1v) is 6.88. The Morgan fingerprint density at radius 3 is 2.94 bits per heavy atom. The van der Waals surface area contributed by atoms with E-state index in [0.29, 0.717) is 6.42 Å². The van der Waals surface area contributed by atoms with Crippen molar-refractivity contribution >= 4 is 23.8 Å². The molecule has 6 N–H and O–H groups in total. The van der Waals surface area contributed by atoms with Gasteiger partial charge < -0.3 is 20.8 Å². The summed E-state index contributed by atoms with van der Waals surface area (Å²) >= 11 is 1.75. The monoisotopic (exact) mass is 275 g/mol. The second-order valence-corrected chi connectivity index (χ2v) is 6.02. The van der Waals surface area contributed by atoms with Gasteiger partial charge in [0.05, 0.1) is 12.1 Å². The second kappa shape index (κ2) is 4.94. The summed E-state index contributed by atoms with van der Waals surface area (Å²) in [6.07, 6.45) is 1.24. The molecule has 0 radical (unpaired) electrons. The van der Waals surface area contributed by atoms with Crippen molar-refractivity contribution in [3.8, 4) is 0 Å². The number of nitrogens with two attached hydrogens (primary N) is 1. The van der Waals surface area contributed by atoms with Crippen LogP contribution in [0.5, 0.6) is 0 Å². The molecule has 18 heavy (non-hydrogen) atoms. The summed E-state index contributed by atoms with van der Waals surface area (Å²) in [4.78, 5) is 21.8. The number of hydrogen-bond acceptors (Lipinski definition) is 5. The number of aliphatic hydroxyl groups is 1. The summed E-state index contributed by atoms with van der Waals surface area (Å²) < 4.78 is 0. The van der Waals surface area contributed by atoms with Crippen LogP contribution >= 0.6 is 11.8 Å². The van der Waals surface area contributed by atoms with E-state index in [0.717, 1.165) is 12.2 Å². The average Bonchev–Trinajstić information content (AvgIpc) is 2.78. The zero-order valence-electron chi connectivity index (χ0n) is 9.76. The number of rotatable bonds is 5. The van der Waals surface area contributed by atoms with Crippen LogP contribution in [0.4, 0.5) is 4.79 Å². The fraction of sp³-hybridized carbons (Fsp3) is 0.800. The lowest BCUT2D eigenvalue weighted by molar-refractivity contribution is -0.158. The normalized spacial score (nSPS) is 33.4. The predicted octanol–water partition coefficient (Wildman–Crippen LogP) is -0.946. The molecule has 2 saturated heterocycles. The molecular formula is C10H17N3O4S. The van der Waals surface area contributed by atoms with E-state index in [1.165, 1.54) is 0 Å². The Morgan fingerprint density at radius 2 is 2.28 bits per heavy atom. The average molecular weight is 275 g/mol.